The van der Waals surface area contributed by atoms with Gasteiger partial charge in [-0.3, -0.25) is 0 Å². The van der Waals surface area contributed by atoms with Crippen molar-refractivity contribution >= 4 is 0 Å². The number of benzene rings is 2. The van der Waals surface area contributed by atoms with E-state index in [0.717, 1.165) is 15.8 Å². The third-order valence-electron chi connectivity index (χ3n) is 3.53. The van der Waals surface area contributed by atoms with Gasteiger partial charge in [0.25, 0.3) is 0 Å². The molecule has 1 heterocycles. The third-order valence-corrected chi connectivity index (χ3v) is 3.53. The lowest BCUT2D eigenvalue weighted by Crippen LogP contribution is -2.18. The average molecular weight is 314 g/mol. The smallest absolute Gasteiger partial charge is 0.365 e. The lowest BCUT2D eigenvalue weighted by atomic mass is 10.1. The Morgan fingerprint density at radius 2 is 2.00 bits per heavy atom. The quantitative estimate of drug-likeness (QED) is 0.802. The first-order chi connectivity index (χ1) is 11.1. The van der Waals surface area contributed by atoms with Gasteiger partial charge in [0, 0.05) is 11.6 Å². The van der Waals surface area contributed by atoms with Crippen LogP contribution >= 0.6 is 0 Å². The lowest BCUT2D eigenvalue weighted by Gasteiger charge is -2.12. The topological polar surface area (TPSA) is 72.8 Å². The number of hydrogen-bond acceptors (Lipinski definition) is 4. The first-order valence-corrected chi connectivity index (χ1v) is 7.04. The van der Waals surface area contributed by atoms with Crippen LogP contribution in [0.25, 0.3) is 5.69 Å². The van der Waals surface area contributed by atoms with E-state index in [2.05, 4.69) is 15.5 Å². The first kappa shape index (κ1) is 15.0. The molecule has 3 aromatic rings. The third kappa shape index (κ3) is 2.98. The number of tetrazole rings is 1. The van der Waals surface area contributed by atoms with Gasteiger partial charge in [-0.2, -0.15) is 4.68 Å². The summed E-state index contributed by atoms with van der Waals surface area (Å²) in [6.45, 7) is 3.74. The Bertz CT molecular complexity index is 901. The van der Waals surface area contributed by atoms with Crippen LogP contribution in [0.4, 0.5) is 4.39 Å². The minimum Gasteiger partial charge on any atom is -0.488 e. The van der Waals surface area contributed by atoms with E-state index in [1.165, 1.54) is 6.07 Å². The van der Waals surface area contributed by atoms with Gasteiger partial charge in [-0.1, -0.05) is 18.2 Å². The van der Waals surface area contributed by atoms with Crippen molar-refractivity contribution in [3.63, 3.8) is 0 Å². The lowest BCUT2D eigenvalue weighted by molar-refractivity contribution is 0.301. The van der Waals surface area contributed by atoms with E-state index < -0.39 is 5.69 Å². The van der Waals surface area contributed by atoms with Crippen LogP contribution in [-0.4, -0.2) is 20.2 Å². The number of aryl methyl sites for hydroxylation is 2. The summed E-state index contributed by atoms with van der Waals surface area (Å²) in [6, 6.07) is 10.3. The summed E-state index contributed by atoms with van der Waals surface area (Å²) in [6.07, 6.45) is 0. The maximum Gasteiger partial charge on any atom is 0.365 e. The van der Waals surface area contributed by atoms with Gasteiger partial charge in [-0.15, -0.1) is 0 Å². The van der Waals surface area contributed by atoms with Crippen molar-refractivity contribution in [1.29, 1.82) is 0 Å². The van der Waals surface area contributed by atoms with Crippen molar-refractivity contribution in [1.82, 2.24) is 20.2 Å². The van der Waals surface area contributed by atoms with Gasteiger partial charge >= 0.3 is 5.69 Å². The molecule has 0 saturated carbocycles. The second-order valence-electron chi connectivity index (χ2n) is 5.20. The van der Waals surface area contributed by atoms with Crippen LogP contribution in [0.2, 0.25) is 0 Å². The molecule has 0 spiro atoms. The van der Waals surface area contributed by atoms with E-state index in [4.69, 9.17) is 4.74 Å². The number of halogens is 1. The fourth-order valence-corrected chi connectivity index (χ4v) is 2.31. The van der Waals surface area contributed by atoms with Crippen molar-refractivity contribution in [3.8, 4) is 11.4 Å². The second kappa shape index (κ2) is 6.04. The monoisotopic (exact) mass is 314 g/mol. The maximum absolute atomic E-state index is 13.7. The summed E-state index contributed by atoms with van der Waals surface area (Å²) in [5.74, 6) is 0.155. The molecule has 0 aliphatic rings. The maximum atomic E-state index is 13.7. The predicted molar refractivity (Wildman–Crippen MR) is 82.2 cm³/mol. The molecular formula is C16H15FN4O2. The van der Waals surface area contributed by atoms with Gasteiger partial charge in [0.2, 0.25) is 0 Å². The minimum absolute atomic E-state index is 0.179. The van der Waals surface area contributed by atoms with E-state index in [9.17, 15) is 9.18 Å². The number of para-hydroxylation sites is 1. The van der Waals surface area contributed by atoms with E-state index in [0.29, 0.717) is 17.0 Å². The van der Waals surface area contributed by atoms with Crippen molar-refractivity contribution in [2.45, 2.75) is 20.5 Å². The number of nitrogens with one attached hydrogen (secondary N) is 1. The molecule has 0 atom stereocenters. The molecule has 23 heavy (non-hydrogen) atoms. The zero-order valence-corrected chi connectivity index (χ0v) is 12.7. The molecule has 0 radical (unpaired) electrons. The molecule has 0 unspecified atom stereocenters. The molecule has 2 aromatic carbocycles. The highest BCUT2D eigenvalue weighted by Gasteiger charge is 2.11. The minimum atomic E-state index is -0.435. The van der Waals surface area contributed by atoms with E-state index in [1.54, 1.807) is 25.1 Å². The number of aromatic nitrogens is 4. The zero-order valence-electron chi connectivity index (χ0n) is 12.7. The summed E-state index contributed by atoms with van der Waals surface area (Å²) in [5, 5.41) is 9.45. The molecule has 6 nitrogen and oxygen atoms in total. The Morgan fingerprint density at radius 1 is 1.22 bits per heavy atom. The molecule has 0 amide bonds. The molecule has 118 valence electrons. The van der Waals surface area contributed by atoms with Gasteiger partial charge in [0.05, 0.1) is 5.69 Å². The Hall–Kier alpha value is -2.96. The highest BCUT2D eigenvalue weighted by Crippen LogP contribution is 2.23. The normalized spacial score (nSPS) is 10.7. The second-order valence-corrected chi connectivity index (χ2v) is 5.20. The van der Waals surface area contributed by atoms with Crippen LogP contribution in [0.15, 0.2) is 41.2 Å². The fourth-order valence-electron chi connectivity index (χ4n) is 2.31. The molecule has 0 fully saturated rings. The van der Waals surface area contributed by atoms with E-state index in [-0.39, 0.29) is 12.4 Å². The zero-order chi connectivity index (χ0) is 16.4. The Morgan fingerprint density at radius 3 is 2.74 bits per heavy atom. The van der Waals surface area contributed by atoms with Crippen molar-refractivity contribution in [2.75, 3.05) is 0 Å². The van der Waals surface area contributed by atoms with Gasteiger partial charge in [0.15, 0.2) is 0 Å². The van der Waals surface area contributed by atoms with E-state index >= 15 is 0 Å². The number of nitrogens with zero attached hydrogens (tertiary/aromatic N) is 3. The Labute approximate surface area is 131 Å². The first-order valence-electron chi connectivity index (χ1n) is 7.04. The van der Waals surface area contributed by atoms with Crippen LogP contribution in [0.5, 0.6) is 5.75 Å². The van der Waals surface area contributed by atoms with Crippen LogP contribution in [-0.2, 0) is 6.61 Å². The molecule has 0 bridgehead atoms. The van der Waals surface area contributed by atoms with Crippen molar-refractivity contribution in [2.24, 2.45) is 0 Å². The molecule has 7 heteroatoms. The van der Waals surface area contributed by atoms with Crippen molar-refractivity contribution in [3.05, 3.63) is 69.4 Å². The number of ether oxygens (including phenoxy) is 1. The summed E-state index contributed by atoms with van der Waals surface area (Å²) < 4.78 is 20.6. The highest BCUT2D eigenvalue weighted by atomic mass is 19.1. The van der Waals surface area contributed by atoms with Gasteiger partial charge in [-0.25, -0.2) is 14.3 Å². The standard InChI is InChI=1S/C16H15FN4O2/c1-10-7-11(2)15(8-13(10)17)23-9-12-5-3-4-6-14(12)21-16(22)18-19-20-21/h3-8H,9H2,1-2H3,(H,18,20,22). The summed E-state index contributed by atoms with van der Waals surface area (Å²) >= 11 is 0. The van der Waals surface area contributed by atoms with Gasteiger partial charge in [0.1, 0.15) is 18.2 Å². The molecule has 0 aliphatic carbocycles. The number of hydrogen-bond donors (Lipinski definition) is 1. The summed E-state index contributed by atoms with van der Waals surface area (Å²) in [4.78, 5) is 11.7. The summed E-state index contributed by atoms with van der Waals surface area (Å²) in [5.41, 5.74) is 2.29. The number of rotatable bonds is 4. The van der Waals surface area contributed by atoms with Crippen LogP contribution in [0.3, 0.4) is 0 Å². The van der Waals surface area contributed by atoms with E-state index in [1.807, 2.05) is 19.1 Å². The number of aromatic amines is 1. The average Bonchev–Trinajstić information content (AvgIpc) is 2.96. The predicted octanol–water partition coefficient (Wildman–Crippen LogP) is 2.29. The van der Waals surface area contributed by atoms with Crippen LogP contribution in [0.1, 0.15) is 16.7 Å². The highest BCUT2D eigenvalue weighted by molar-refractivity contribution is 5.41. The van der Waals surface area contributed by atoms with Gasteiger partial charge in [-0.05, 0) is 47.5 Å². The van der Waals surface area contributed by atoms with Crippen LogP contribution < -0.4 is 10.4 Å². The van der Waals surface area contributed by atoms with Crippen LogP contribution in [0, 0.1) is 19.7 Å². The molecule has 1 aromatic heterocycles. The molecular weight excluding hydrogens is 299 g/mol. The Kier molecular flexibility index (Phi) is 3.92. The van der Waals surface area contributed by atoms with Gasteiger partial charge < -0.3 is 4.74 Å². The molecule has 0 saturated heterocycles. The summed E-state index contributed by atoms with van der Waals surface area (Å²) in [7, 11) is 0. The Balaban J connectivity index is 1.89. The fraction of sp³-hybridized carbons (Fsp3) is 0.188. The number of H-pyrrole nitrogens is 1. The molecule has 3 rings (SSSR count). The van der Waals surface area contributed by atoms with Crippen molar-refractivity contribution < 1.29 is 9.13 Å². The SMILES string of the molecule is Cc1cc(C)c(OCc2ccccc2-n2nn[nH]c2=O)cc1F. The molecule has 0 aliphatic heterocycles. The largest absolute Gasteiger partial charge is 0.488 e. The molecule has 1 N–H and O–H groups in total.